The van der Waals surface area contributed by atoms with E-state index in [9.17, 15) is 19.8 Å². The van der Waals surface area contributed by atoms with Crippen LogP contribution in [0.15, 0.2) is 48.6 Å². The van der Waals surface area contributed by atoms with Crippen LogP contribution in [0.1, 0.15) is 335 Å². The van der Waals surface area contributed by atoms with E-state index >= 15 is 0 Å². The van der Waals surface area contributed by atoms with Crippen LogP contribution in [0, 0.1) is 0 Å². The van der Waals surface area contributed by atoms with Crippen LogP contribution in [0.2, 0.25) is 0 Å². The topological polar surface area (TPSA) is 95.9 Å². The van der Waals surface area contributed by atoms with E-state index in [0.29, 0.717) is 19.4 Å². The quantitative estimate of drug-likeness (QED) is 0.0320. The molecule has 0 spiro atoms. The number of aliphatic hydroxyl groups excluding tert-OH is 2. The largest absolute Gasteiger partial charge is 0.466 e. The predicted octanol–water partition coefficient (Wildman–Crippen LogP) is 20.1. The number of carbonyl (C=O) groups excluding carboxylic acids is 2. The number of allylic oxidation sites excluding steroid dienone is 7. The van der Waals surface area contributed by atoms with E-state index < -0.39 is 12.1 Å². The Morgan fingerprint density at radius 1 is 0.389 bits per heavy atom. The van der Waals surface area contributed by atoms with Crippen molar-refractivity contribution in [3.8, 4) is 0 Å². The molecule has 0 saturated heterocycles. The molecule has 3 N–H and O–H groups in total. The van der Waals surface area contributed by atoms with Crippen molar-refractivity contribution in [3.05, 3.63) is 48.6 Å². The summed E-state index contributed by atoms with van der Waals surface area (Å²) in [7, 11) is 0. The molecule has 0 heterocycles. The Morgan fingerprint density at radius 2 is 0.708 bits per heavy atom. The molecule has 0 rings (SSSR count). The average molecular weight is 1010 g/mol. The van der Waals surface area contributed by atoms with E-state index in [0.717, 1.165) is 64.2 Å². The normalized spacial score (nSPS) is 12.9. The molecule has 0 aromatic heterocycles. The summed E-state index contributed by atoms with van der Waals surface area (Å²) in [5, 5.41) is 23.2. The van der Waals surface area contributed by atoms with Gasteiger partial charge in [0.2, 0.25) is 5.91 Å². The van der Waals surface area contributed by atoms with Crippen molar-refractivity contribution < 1.29 is 24.5 Å². The third-order valence-electron chi connectivity index (χ3n) is 14.6. The summed E-state index contributed by atoms with van der Waals surface area (Å²) >= 11 is 0. The maximum atomic E-state index is 12.5. The second kappa shape index (κ2) is 61.4. The first kappa shape index (κ1) is 69.8. The molecule has 0 bridgehead atoms. The fourth-order valence-electron chi connectivity index (χ4n) is 9.65. The molecule has 6 nitrogen and oxygen atoms in total. The van der Waals surface area contributed by atoms with Crippen LogP contribution < -0.4 is 5.32 Å². The van der Waals surface area contributed by atoms with Crippen molar-refractivity contribution in [2.24, 2.45) is 0 Å². The summed E-state index contributed by atoms with van der Waals surface area (Å²) in [4.78, 5) is 24.5. The number of carbonyl (C=O) groups is 2. The summed E-state index contributed by atoms with van der Waals surface area (Å²) < 4.78 is 5.45. The van der Waals surface area contributed by atoms with Crippen LogP contribution in [0.3, 0.4) is 0 Å². The molecular formula is C66H123NO5. The van der Waals surface area contributed by atoms with E-state index in [2.05, 4.69) is 55.6 Å². The SMILES string of the molecule is CCCC/C=C\CCCCCCCC(=O)OCCCCCCCCCCC/C=C\C/C=C\CCCCCCCCCC(=O)NC(CO)C(O)/C=C/CCCCCCCCCCCCCCCCCCCCC. The fourth-order valence-corrected chi connectivity index (χ4v) is 9.65. The van der Waals surface area contributed by atoms with Crippen molar-refractivity contribution >= 4 is 11.9 Å². The van der Waals surface area contributed by atoms with E-state index in [1.165, 1.54) is 244 Å². The lowest BCUT2D eigenvalue weighted by Gasteiger charge is -2.20. The molecule has 2 unspecified atom stereocenters. The van der Waals surface area contributed by atoms with Crippen molar-refractivity contribution in [1.82, 2.24) is 5.32 Å². The van der Waals surface area contributed by atoms with Crippen LogP contribution in [-0.2, 0) is 14.3 Å². The van der Waals surface area contributed by atoms with E-state index in [-0.39, 0.29) is 18.5 Å². The molecule has 0 aromatic carbocycles. The number of hydrogen-bond donors (Lipinski definition) is 3. The first-order valence-corrected chi connectivity index (χ1v) is 31.9. The summed E-state index contributed by atoms with van der Waals surface area (Å²) in [6, 6.07) is -0.637. The van der Waals surface area contributed by atoms with Gasteiger partial charge in [-0.2, -0.15) is 0 Å². The lowest BCUT2D eigenvalue weighted by molar-refractivity contribution is -0.143. The van der Waals surface area contributed by atoms with Crippen molar-refractivity contribution in [3.63, 3.8) is 0 Å². The molecule has 0 aliphatic rings. The van der Waals surface area contributed by atoms with Gasteiger partial charge in [-0.25, -0.2) is 0 Å². The number of aliphatic hydroxyl groups is 2. The summed E-state index contributed by atoms with van der Waals surface area (Å²) in [6.07, 6.45) is 78.7. The third kappa shape index (κ3) is 57.1. The van der Waals surface area contributed by atoms with Crippen LogP contribution in [0.5, 0.6) is 0 Å². The molecule has 2 atom stereocenters. The predicted molar refractivity (Wildman–Crippen MR) is 315 cm³/mol. The Bertz CT molecular complexity index is 1210. The van der Waals surface area contributed by atoms with Gasteiger partial charge in [0.1, 0.15) is 0 Å². The second-order valence-electron chi connectivity index (χ2n) is 21.7. The molecule has 0 aliphatic carbocycles. The first-order chi connectivity index (χ1) is 35.5. The number of rotatable bonds is 59. The highest BCUT2D eigenvalue weighted by Gasteiger charge is 2.18. The Morgan fingerprint density at radius 3 is 1.11 bits per heavy atom. The number of nitrogens with one attached hydrogen (secondary N) is 1. The molecule has 6 heteroatoms. The number of ether oxygens (including phenoxy) is 1. The lowest BCUT2D eigenvalue weighted by Crippen LogP contribution is -2.45. The van der Waals surface area contributed by atoms with Gasteiger partial charge in [0, 0.05) is 12.8 Å². The molecule has 0 aromatic rings. The zero-order chi connectivity index (χ0) is 52.2. The van der Waals surface area contributed by atoms with Gasteiger partial charge >= 0.3 is 5.97 Å². The Balaban J connectivity index is 3.49. The molecular weight excluding hydrogens is 887 g/mol. The van der Waals surface area contributed by atoms with E-state index in [4.69, 9.17) is 4.74 Å². The lowest BCUT2D eigenvalue weighted by atomic mass is 10.0. The Hall–Kier alpha value is -2.18. The summed E-state index contributed by atoms with van der Waals surface area (Å²) in [5.41, 5.74) is 0. The highest BCUT2D eigenvalue weighted by molar-refractivity contribution is 5.76. The van der Waals surface area contributed by atoms with Gasteiger partial charge in [0.15, 0.2) is 0 Å². The molecule has 422 valence electrons. The average Bonchev–Trinajstić information content (AvgIpc) is 3.38. The Labute approximate surface area is 448 Å². The van der Waals surface area contributed by atoms with Gasteiger partial charge < -0.3 is 20.3 Å². The number of hydrogen-bond acceptors (Lipinski definition) is 5. The molecule has 0 fully saturated rings. The highest BCUT2D eigenvalue weighted by atomic mass is 16.5. The van der Waals surface area contributed by atoms with Gasteiger partial charge in [0.25, 0.3) is 0 Å². The van der Waals surface area contributed by atoms with Crippen LogP contribution >= 0.6 is 0 Å². The molecule has 0 saturated carbocycles. The van der Waals surface area contributed by atoms with Crippen LogP contribution in [0.25, 0.3) is 0 Å². The number of esters is 1. The summed E-state index contributed by atoms with van der Waals surface area (Å²) in [6.45, 7) is 4.87. The van der Waals surface area contributed by atoms with Crippen molar-refractivity contribution in [1.29, 1.82) is 0 Å². The van der Waals surface area contributed by atoms with Gasteiger partial charge in [-0.05, 0) is 83.5 Å². The summed E-state index contributed by atoms with van der Waals surface area (Å²) in [5.74, 6) is -0.0812. The van der Waals surface area contributed by atoms with Crippen molar-refractivity contribution in [2.45, 2.75) is 347 Å². The first-order valence-electron chi connectivity index (χ1n) is 31.9. The van der Waals surface area contributed by atoms with Gasteiger partial charge in [-0.3, -0.25) is 9.59 Å². The van der Waals surface area contributed by atoms with Gasteiger partial charge in [0.05, 0.1) is 25.4 Å². The monoisotopic (exact) mass is 1010 g/mol. The van der Waals surface area contributed by atoms with Gasteiger partial charge in [-0.1, -0.05) is 287 Å². The smallest absolute Gasteiger partial charge is 0.305 e. The Kier molecular flexibility index (Phi) is 59.5. The minimum Gasteiger partial charge on any atom is -0.466 e. The zero-order valence-corrected chi connectivity index (χ0v) is 48.2. The minimum absolute atomic E-state index is 0.00480. The molecule has 0 radical (unpaired) electrons. The molecule has 0 aliphatic heterocycles. The number of unbranched alkanes of at least 4 members (excludes halogenated alkanes) is 42. The molecule has 72 heavy (non-hydrogen) atoms. The number of amides is 1. The van der Waals surface area contributed by atoms with Gasteiger partial charge in [-0.15, -0.1) is 0 Å². The molecule has 1 amide bonds. The maximum absolute atomic E-state index is 12.5. The minimum atomic E-state index is -0.853. The van der Waals surface area contributed by atoms with E-state index in [1.54, 1.807) is 6.08 Å². The van der Waals surface area contributed by atoms with Crippen molar-refractivity contribution in [2.75, 3.05) is 13.2 Å². The van der Waals surface area contributed by atoms with Crippen LogP contribution in [-0.4, -0.2) is 47.4 Å². The standard InChI is InChI=1S/C66H123NO5/c1-3-5-7-9-11-13-15-16-17-18-19-23-26-29-32-35-39-42-46-50-54-58-64(69)63(62-68)67-65(70)59-55-51-47-43-40-36-33-30-27-24-21-20-22-25-28-31-34-37-41-45-49-53-57-61-72-66(71)60-56-52-48-44-38-14-12-10-8-6-4-2/h10,12,20,22,24,27,54,58,63-64,68-69H,3-9,11,13-19,21,23,25-26,28-53,55-57,59-62H2,1-2H3,(H,67,70)/b12-10-,22-20-,27-24-,58-54+. The zero-order valence-electron chi connectivity index (χ0n) is 48.2. The third-order valence-corrected chi connectivity index (χ3v) is 14.6. The fraction of sp³-hybridized carbons (Fsp3) is 0.848. The van der Waals surface area contributed by atoms with Crippen LogP contribution in [0.4, 0.5) is 0 Å². The highest BCUT2D eigenvalue weighted by Crippen LogP contribution is 2.17. The second-order valence-corrected chi connectivity index (χ2v) is 21.7. The maximum Gasteiger partial charge on any atom is 0.305 e. The van der Waals surface area contributed by atoms with E-state index in [1.807, 2.05) is 6.08 Å².